The summed E-state index contributed by atoms with van der Waals surface area (Å²) in [6.45, 7) is 3.79. The first-order valence-corrected chi connectivity index (χ1v) is 15.6. The fourth-order valence-corrected chi connectivity index (χ4v) is 6.35. The van der Waals surface area contributed by atoms with Crippen LogP contribution < -0.4 is 4.74 Å². The van der Waals surface area contributed by atoms with Crippen molar-refractivity contribution in [3.63, 3.8) is 0 Å². The second-order valence-corrected chi connectivity index (χ2v) is 11.9. The standard InChI is InChI=1S/C32H32FN5O4S/c33-27-14-21(16-34)4-5-23(27)19-43-20-24-2-1-3-31(35-24)42-25-8-11-37(12-9-25)18-30-36-28-7-6-22(32(39)40)15-29(28)38(30)17-26-10-13-41-26/h1-7,14-15,25-26H,8-13,17-20H2,(H,39,40)/t26-/m0/s1. The predicted octanol–water partition coefficient (Wildman–Crippen LogP) is 5.41. The second kappa shape index (κ2) is 13.1. The Bertz CT molecular complexity index is 1660. The Morgan fingerprint density at radius 3 is 2.67 bits per heavy atom. The summed E-state index contributed by atoms with van der Waals surface area (Å²) in [4.78, 5) is 23.5. The van der Waals surface area contributed by atoms with E-state index in [1.165, 1.54) is 6.07 Å². The van der Waals surface area contributed by atoms with Gasteiger partial charge in [0.05, 0.1) is 53.1 Å². The number of hydrogen-bond donors (Lipinski definition) is 1. The highest BCUT2D eigenvalue weighted by atomic mass is 32.2. The number of aromatic nitrogens is 3. The Labute approximate surface area is 253 Å². The number of nitrogens with zero attached hydrogens (tertiary/aromatic N) is 5. The van der Waals surface area contributed by atoms with Crippen molar-refractivity contribution in [2.24, 2.45) is 0 Å². The van der Waals surface area contributed by atoms with Crippen LogP contribution in [0, 0.1) is 17.1 Å². The minimum absolute atomic E-state index is 0.0553. The third-order valence-electron chi connectivity index (χ3n) is 7.91. The monoisotopic (exact) mass is 601 g/mol. The van der Waals surface area contributed by atoms with E-state index in [4.69, 9.17) is 19.7 Å². The number of aromatic carboxylic acids is 1. The molecule has 2 aromatic carbocycles. The summed E-state index contributed by atoms with van der Waals surface area (Å²) in [6.07, 6.45) is 2.88. The molecule has 2 aliphatic rings. The molecular formula is C32H32FN5O4S. The molecule has 2 fully saturated rings. The number of carbonyl (C=O) groups is 1. The summed E-state index contributed by atoms with van der Waals surface area (Å²) in [5.74, 6) is 1.31. The molecule has 4 aromatic rings. The van der Waals surface area contributed by atoms with Gasteiger partial charge < -0.3 is 19.1 Å². The van der Waals surface area contributed by atoms with E-state index in [1.807, 2.05) is 24.3 Å². The van der Waals surface area contributed by atoms with Crippen LogP contribution in [-0.2, 0) is 29.3 Å². The topological polar surface area (TPSA) is 114 Å². The maximum absolute atomic E-state index is 14.2. The van der Waals surface area contributed by atoms with Gasteiger partial charge in [0.2, 0.25) is 5.88 Å². The van der Waals surface area contributed by atoms with Crippen molar-refractivity contribution in [2.75, 3.05) is 19.7 Å². The lowest BCUT2D eigenvalue weighted by atomic mass is 10.1. The zero-order valence-corrected chi connectivity index (χ0v) is 24.4. The Morgan fingerprint density at radius 1 is 1.12 bits per heavy atom. The van der Waals surface area contributed by atoms with Gasteiger partial charge in [-0.05, 0) is 61.2 Å². The summed E-state index contributed by atoms with van der Waals surface area (Å²) in [5.41, 5.74) is 3.63. The molecule has 2 saturated heterocycles. The molecule has 0 spiro atoms. The molecule has 1 atom stereocenters. The molecule has 0 unspecified atom stereocenters. The van der Waals surface area contributed by atoms with Crippen LogP contribution in [0.5, 0.6) is 5.88 Å². The van der Waals surface area contributed by atoms with E-state index in [9.17, 15) is 14.3 Å². The lowest BCUT2D eigenvalue weighted by Crippen LogP contribution is -2.39. The van der Waals surface area contributed by atoms with E-state index in [0.29, 0.717) is 41.6 Å². The molecule has 0 amide bonds. The molecule has 2 aromatic heterocycles. The number of fused-ring (bicyclic) bond motifs is 1. The van der Waals surface area contributed by atoms with E-state index in [2.05, 4.69) is 14.5 Å². The zero-order chi connectivity index (χ0) is 29.8. The van der Waals surface area contributed by atoms with E-state index in [-0.39, 0.29) is 23.6 Å². The number of halogens is 1. The number of ether oxygens (including phenoxy) is 2. The molecule has 6 rings (SSSR count). The molecule has 0 radical (unpaired) electrons. The van der Waals surface area contributed by atoms with Gasteiger partial charge in [0.25, 0.3) is 0 Å². The first-order valence-electron chi connectivity index (χ1n) is 14.4. The summed E-state index contributed by atoms with van der Waals surface area (Å²) < 4.78 is 28.2. The number of piperidine rings is 1. The minimum atomic E-state index is -0.949. The quantitative estimate of drug-likeness (QED) is 0.241. The molecule has 2 aliphatic heterocycles. The molecule has 0 saturated carbocycles. The fraction of sp³-hybridized carbons (Fsp3) is 0.375. The Kier molecular flexibility index (Phi) is 8.88. The van der Waals surface area contributed by atoms with Gasteiger partial charge in [-0.2, -0.15) is 17.0 Å². The number of rotatable bonds is 11. The van der Waals surface area contributed by atoms with Crippen LogP contribution in [0.25, 0.3) is 11.0 Å². The number of thioether (sulfide) groups is 1. The molecule has 9 nitrogen and oxygen atoms in total. The Hall–Kier alpha value is -3.98. The minimum Gasteiger partial charge on any atom is -0.478 e. The van der Waals surface area contributed by atoms with Crippen molar-refractivity contribution in [3.8, 4) is 11.9 Å². The highest BCUT2D eigenvalue weighted by Crippen LogP contribution is 2.26. The third kappa shape index (κ3) is 6.99. The normalized spacial score (nSPS) is 17.4. The van der Waals surface area contributed by atoms with Crippen molar-refractivity contribution in [3.05, 3.63) is 88.6 Å². The average molecular weight is 602 g/mol. The number of imidazole rings is 1. The zero-order valence-electron chi connectivity index (χ0n) is 23.6. The second-order valence-electron chi connectivity index (χ2n) is 10.9. The Morgan fingerprint density at radius 2 is 1.95 bits per heavy atom. The molecule has 222 valence electrons. The van der Waals surface area contributed by atoms with E-state index in [0.717, 1.165) is 61.5 Å². The first-order chi connectivity index (χ1) is 20.9. The van der Waals surface area contributed by atoms with Crippen LogP contribution >= 0.6 is 11.8 Å². The van der Waals surface area contributed by atoms with E-state index < -0.39 is 5.97 Å². The lowest BCUT2D eigenvalue weighted by Gasteiger charge is -2.32. The highest BCUT2D eigenvalue weighted by Gasteiger charge is 2.26. The number of pyridine rings is 1. The molecule has 11 heteroatoms. The lowest BCUT2D eigenvalue weighted by molar-refractivity contribution is -0.0592. The number of nitriles is 1. The molecule has 4 heterocycles. The van der Waals surface area contributed by atoms with Gasteiger partial charge in [-0.1, -0.05) is 12.1 Å². The van der Waals surface area contributed by atoms with Gasteiger partial charge in [-0.3, -0.25) is 4.90 Å². The van der Waals surface area contributed by atoms with Crippen molar-refractivity contribution >= 4 is 28.8 Å². The fourth-order valence-electron chi connectivity index (χ4n) is 5.42. The predicted molar refractivity (Wildman–Crippen MR) is 160 cm³/mol. The highest BCUT2D eigenvalue weighted by molar-refractivity contribution is 7.97. The van der Waals surface area contributed by atoms with Gasteiger partial charge >= 0.3 is 5.97 Å². The van der Waals surface area contributed by atoms with Crippen molar-refractivity contribution in [2.45, 2.75) is 56.1 Å². The van der Waals surface area contributed by atoms with Crippen LogP contribution in [0.3, 0.4) is 0 Å². The number of hydrogen-bond acceptors (Lipinski definition) is 8. The van der Waals surface area contributed by atoms with E-state index >= 15 is 0 Å². The van der Waals surface area contributed by atoms with Crippen LogP contribution in [-0.4, -0.2) is 62.4 Å². The van der Waals surface area contributed by atoms with Crippen LogP contribution in [0.1, 0.15) is 52.3 Å². The first kappa shape index (κ1) is 29.1. The van der Waals surface area contributed by atoms with Crippen LogP contribution in [0.2, 0.25) is 0 Å². The van der Waals surface area contributed by atoms with Gasteiger partial charge in [0, 0.05) is 37.3 Å². The number of carboxylic acid groups (broad SMARTS) is 1. The van der Waals surface area contributed by atoms with Gasteiger partial charge in [-0.15, -0.1) is 0 Å². The molecular weight excluding hydrogens is 569 g/mol. The van der Waals surface area contributed by atoms with Gasteiger partial charge in [-0.25, -0.2) is 19.2 Å². The maximum atomic E-state index is 14.2. The summed E-state index contributed by atoms with van der Waals surface area (Å²) in [7, 11) is 0. The van der Waals surface area contributed by atoms with Crippen molar-refractivity contribution in [1.29, 1.82) is 5.26 Å². The molecule has 0 bridgehead atoms. The van der Waals surface area contributed by atoms with Gasteiger partial charge in [0.1, 0.15) is 17.7 Å². The van der Waals surface area contributed by atoms with E-state index in [1.54, 1.807) is 42.1 Å². The summed E-state index contributed by atoms with van der Waals surface area (Å²) in [6, 6.07) is 17.4. The summed E-state index contributed by atoms with van der Waals surface area (Å²) >= 11 is 1.56. The summed E-state index contributed by atoms with van der Waals surface area (Å²) in [5, 5.41) is 18.4. The molecule has 0 aliphatic carbocycles. The SMILES string of the molecule is N#Cc1ccc(CSCc2cccc(OC3CCN(Cc4nc5ccc(C(=O)O)cc5n4C[C@@H]4CCO4)CC3)n2)c(F)c1. The van der Waals surface area contributed by atoms with Gasteiger partial charge in [0.15, 0.2) is 0 Å². The molecule has 43 heavy (non-hydrogen) atoms. The van der Waals surface area contributed by atoms with Crippen LogP contribution in [0.15, 0.2) is 54.6 Å². The third-order valence-corrected chi connectivity index (χ3v) is 8.93. The molecule has 1 N–H and O–H groups in total. The largest absolute Gasteiger partial charge is 0.478 e. The van der Waals surface area contributed by atoms with Crippen molar-refractivity contribution in [1.82, 2.24) is 19.4 Å². The van der Waals surface area contributed by atoms with Crippen LogP contribution in [0.4, 0.5) is 4.39 Å². The maximum Gasteiger partial charge on any atom is 0.335 e. The average Bonchev–Trinajstić information content (AvgIpc) is 3.32. The number of benzene rings is 2. The van der Waals surface area contributed by atoms with Crippen molar-refractivity contribution < 1.29 is 23.8 Å². The number of likely N-dealkylation sites (tertiary alicyclic amines) is 1. The number of carboxylic acids is 1. The Balaban J connectivity index is 1.03. The smallest absolute Gasteiger partial charge is 0.335 e.